The number of amides is 1. The fraction of sp³-hybridized carbons (Fsp3) is 0.478. The standard InChI is InChI=1S/C23H31N3O/c1-3-4-14-25(2)21-10-13-24-22(18-21)23(27)26-15-11-20(12-16-26)17-19-8-6-5-7-9-19/h5-10,13,18,20H,3-4,11-12,14-17H2,1-2H3. The predicted octanol–water partition coefficient (Wildman–Crippen LogP) is 4.41. The molecule has 1 fully saturated rings. The number of hydrogen-bond donors (Lipinski definition) is 0. The van der Waals surface area contributed by atoms with Gasteiger partial charge in [0.1, 0.15) is 5.69 Å². The van der Waals surface area contributed by atoms with Crippen molar-refractivity contribution >= 4 is 11.6 Å². The van der Waals surface area contributed by atoms with E-state index in [1.54, 1.807) is 6.20 Å². The highest BCUT2D eigenvalue weighted by atomic mass is 16.2. The number of carbonyl (C=O) groups excluding carboxylic acids is 1. The lowest BCUT2D eigenvalue weighted by atomic mass is 9.90. The Morgan fingerprint density at radius 2 is 1.93 bits per heavy atom. The molecule has 0 unspecified atom stereocenters. The molecule has 1 aliphatic rings. The van der Waals surface area contributed by atoms with Gasteiger partial charge in [-0.25, -0.2) is 0 Å². The molecular formula is C23H31N3O. The number of likely N-dealkylation sites (tertiary alicyclic amines) is 1. The molecule has 0 aliphatic carbocycles. The normalized spacial score (nSPS) is 15.0. The fourth-order valence-corrected chi connectivity index (χ4v) is 3.75. The summed E-state index contributed by atoms with van der Waals surface area (Å²) in [5.74, 6) is 0.731. The molecule has 0 saturated carbocycles. The average molecular weight is 366 g/mol. The zero-order chi connectivity index (χ0) is 19.1. The summed E-state index contributed by atoms with van der Waals surface area (Å²) in [6.45, 7) is 4.84. The SMILES string of the molecule is CCCCN(C)c1ccnc(C(=O)N2CCC(Cc3ccccc3)CC2)c1. The van der Waals surface area contributed by atoms with Crippen LogP contribution in [0.25, 0.3) is 0 Å². The first kappa shape index (κ1) is 19.4. The Balaban J connectivity index is 1.56. The minimum Gasteiger partial charge on any atom is -0.374 e. The van der Waals surface area contributed by atoms with Gasteiger partial charge in [0.25, 0.3) is 5.91 Å². The van der Waals surface area contributed by atoms with E-state index < -0.39 is 0 Å². The number of unbranched alkanes of at least 4 members (excludes halogenated alkanes) is 1. The zero-order valence-electron chi connectivity index (χ0n) is 16.6. The van der Waals surface area contributed by atoms with Crippen LogP contribution in [0.1, 0.15) is 48.7 Å². The second-order valence-corrected chi connectivity index (χ2v) is 7.60. The van der Waals surface area contributed by atoms with Crippen LogP contribution in [0, 0.1) is 5.92 Å². The third-order valence-corrected chi connectivity index (χ3v) is 5.52. The molecular weight excluding hydrogens is 334 g/mol. The van der Waals surface area contributed by atoms with Gasteiger partial charge in [-0.05, 0) is 49.3 Å². The van der Waals surface area contributed by atoms with Crippen LogP contribution < -0.4 is 4.90 Å². The molecule has 2 aromatic rings. The summed E-state index contributed by atoms with van der Waals surface area (Å²) in [6, 6.07) is 14.6. The molecule has 1 aromatic carbocycles. The zero-order valence-corrected chi connectivity index (χ0v) is 16.6. The van der Waals surface area contributed by atoms with Crippen LogP contribution in [0.3, 0.4) is 0 Å². The van der Waals surface area contributed by atoms with E-state index in [1.807, 2.05) is 17.0 Å². The molecule has 4 nitrogen and oxygen atoms in total. The first-order valence-corrected chi connectivity index (χ1v) is 10.2. The lowest BCUT2D eigenvalue weighted by Crippen LogP contribution is -2.39. The average Bonchev–Trinajstić information content (AvgIpc) is 2.73. The van der Waals surface area contributed by atoms with Gasteiger partial charge in [-0.2, -0.15) is 0 Å². The quantitative estimate of drug-likeness (QED) is 0.729. The smallest absolute Gasteiger partial charge is 0.272 e. The Kier molecular flexibility index (Phi) is 6.86. The van der Waals surface area contributed by atoms with Crippen LogP contribution in [0.5, 0.6) is 0 Å². The number of benzene rings is 1. The van der Waals surface area contributed by atoms with E-state index in [0.717, 1.165) is 51.0 Å². The third-order valence-electron chi connectivity index (χ3n) is 5.52. The van der Waals surface area contributed by atoms with E-state index in [2.05, 4.69) is 54.2 Å². The van der Waals surface area contributed by atoms with E-state index in [0.29, 0.717) is 11.6 Å². The number of piperidine rings is 1. The third kappa shape index (κ3) is 5.31. The number of rotatable bonds is 7. The van der Waals surface area contributed by atoms with Crippen LogP contribution in [0.4, 0.5) is 5.69 Å². The molecule has 27 heavy (non-hydrogen) atoms. The van der Waals surface area contributed by atoms with Gasteiger partial charge in [-0.1, -0.05) is 43.7 Å². The maximum atomic E-state index is 12.9. The first-order chi connectivity index (χ1) is 13.2. The van der Waals surface area contributed by atoms with Gasteiger partial charge in [0, 0.05) is 38.6 Å². The minimum atomic E-state index is 0.0684. The second kappa shape index (κ2) is 9.54. The molecule has 2 heterocycles. The summed E-state index contributed by atoms with van der Waals surface area (Å²) in [5.41, 5.74) is 3.03. The lowest BCUT2D eigenvalue weighted by Gasteiger charge is -2.32. The van der Waals surface area contributed by atoms with Gasteiger partial charge in [-0.3, -0.25) is 9.78 Å². The van der Waals surface area contributed by atoms with E-state index in [4.69, 9.17) is 0 Å². The van der Waals surface area contributed by atoms with Crippen molar-refractivity contribution in [3.8, 4) is 0 Å². The van der Waals surface area contributed by atoms with Crippen LogP contribution >= 0.6 is 0 Å². The predicted molar refractivity (Wildman–Crippen MR) is 111 cm³/mol. The first-order valence-electron chi connectivity index (χ1n) is 10.2. The maximum Gasteiger partial charge on any atom is 0.272 e. The van der Waals surface area contributed by atoms with Gasteiger partial charge >= 0.3 is 0 Å². The molecule has 0 radical (unpaired) electrons. The fourth-order valence-electron chi connectivity index (χ4n) is 3.75. The largest absolute Gasteiger partial charge is 0.374 e. The molecule has 4 heteroatoms. The van der Waals surface area contributed by atoms with Crippen LogP contribution in [0.2, 0.25) is 0 Å². The Hall–Kier alpha value is -2.36. The van der Waals surface area contributed by atoms with Crippen molar-refractivity contribution in [3.63, 3.8) is 0 Å². The van der Waals surface area contributed by atoms with Gasteiger partial charge in [-0.15, -0.1) is 0 Å². The van der Waals surface area contributed by atoms with E-state index in [9.17, 15) is 4.79 Å². The molecule has 0 N–H and O–H groups in total. The van der Waals surface area contributed by atoms with Crippen LogP contribution in [0.15, 0.2) is 48.7 Å². The highest BCUT2D eigenvalue weighted by Gasteiger charge is 2.24. The van der Waals surface area contributed by atoms with Crippen LogP contribution in [-0.4, -0.2) is 42.5 Å². The maximum absolute atomic E-state index is 12.9. The minimum absolute atomic E-state index is 0.0684. The number of anilines is 1. The number of nitrogens with zero attached hydrogens (tertiary/aromatic N) is 3. The molecule has 0 spiro atoms. The van der Waals surface area contributed by atoms with Gasteiger partial charge < -0.3 is 9.80 Å². The van der Waals surface area contributed by atoms with Crippen molar-refractivity contribution in [2.75, 3.05) is 31.6 Å². The van der Waals surface area contributed by atoms with Gasteiger partial charge in [0.05, 0.1) is 0 Å². The summed E-state index contributed by atoms with van der Waals surface area (Å²) < 4.78 is 0. The van der Waals surface area contributed by atoms with E-state index in [-0.39, 0.29) is 5.91 Å². The van der Waals surface area contributed by atoms with Crippen molar-refractivity contribution in [1.29, 1.82) is 0 Å². The Morgan fingerprint density at radius 3 is 2.63 bits per heavy atom. The highest BCUT2D eigenvalue weighted by Crippen LogP contribution is 2.23. The molecule has 1 amide bonds. The second-order valence-electron chi connectivity index (χ2n) is 7.60. The highest BCUT2D eigenvalue weighted by molar-refractivity contribution is 5.93. The Bertz CT molecular complexity index is 723. The molecule has 3 rings (SSSR count). The molecule has 1 saturated heterocycles. The summed E-state index contributed by atoms with van der Waals surface area (Å²) in [6.07, 6.45) is 7.32. The van der Waals surface area contributed by atoms with E-state index in [1.165, 1.54) is 12.0 Å². The molecule has 0 atom stereocenters. The van der Waals surface area contributed by atoms with Crippen LogP contribution in [-0.2, 0) is 6.42 Å². The number of hydrogen-bond acceptors (Lipinski definition) is 3. The molecule has 144 valence electrons. The van der Waals surface area contributed by atoms with E-state index >= 15 is 0 Å². The summed E-state index contributed by atoms with van der Waals surface area (Å²) in [7, 11) is 2.08. The summed E-state index contributed by atoms with van der Waals surface area (Å²) in [5, 5.41) is 0. The number of aromatic nitrogens is 1. The van der Waals surface area contributed by atoms with Crippen molar-refractivity contribution in [2.24, 2.45) is 5.92 Å². The Labute approximate surface area is 163 Å². The monoisotopic (exact) mass is 365 g/mol. The van der Waals surface area contributed by atoms with Crippen molar-refractivity contribution in [2.45, 2.75) is 39.0 Å². The number of pyridine rings is 1. The topological polar surface area (TPSA) is 36.4 Å². The van der Waals surface area contributed by atoms with Gasteiger partial charge in [0.2, 0.25) is 0 Å². The summed E-state index contributed by atoms with van der Waals surface area (Å²) >= 11 is 0. The summed E-state index contributed by atoms with van der Waals surface area (Å²) in [4.78, 5) is 21.4. The molecule has 0 bridgehead atoms. The van der Waals surface area contributed by atoms with Crippen molar-refractivity contribution in [3.05, 3.63) is 59.9 Å². The van der Waals surface area contributed by atoms with Crippen molar-refractivity contribution < 1.29 is 4.79 Å². The molecule has 1 aliphatic heterocycles. The molecule has 1 aromatic heterocycles. The van der Waals surface area contributed by atoms with Crippen molar-refractivity contribution in [1.82, 2.24) is 9.88 Å². The number of carbonyl (C=O) groups is 1. The Morgan fingerprint density at radius 1 is 1.19 bits per heavy atom. The lowest BCUT2D eigenvalue weighted by molar-refractivity contribution is 0.0684. The van der Waals surface area contributed by atoms with Gasteiger partial charge in [0.15, 0.2) is 0 Å².